The Bertz CT molecular complexity index is 722. The van der Waals surface area contributed by atoms with E-state index in [2.05, 4.69) is 4.74 Å². The molecule has 0 amide bonds. The third kappa shape index (κ3) is 2.47. The van der Waals surface area contributed by atoms with Gasteiger partial charge in [0.05, 0.1) is 17.6 Å². The summed E-state index contributed by atoms with van der Waals surface area (Å²) in [6, 6.07) is 9.29. The Morgan fingerprint density at radius 2 is 1.72 bits per heavy atom. The highest BCUT2D eigenvalue weighted by atomic mass is 35.7. The molecule has 0 aliphatic carbocycles. The lowest BCUT2D eigenvalue weighted by atomic mass is 10.1. The lowest BCUT2D eigenvalue weighted by Crippen LogP contribution is -2.00. The van der Waals surface area contributed by atoms with Gasteiger partial charge in [-0.2, -0.15) is 0 Å². The highest BCUT2D eigenvalue weighted by Gasteiger charge is 2.11. The quantitative estimate of drug-likeness (QED) is 0.628. The largest absolute Gasteiger partial charge is 0.465 e. The van der Waals surface area contributed by atoms with Gasteiger partial charge < -0.3 is 4.74 Å². The molecule has 0 bridgehead atoms. The van der Waals surface area contributed by atoms with Gasteiger partial charge in [0.2, 0.25) is 0 Å². The van der Waals surface area contributed by atoms with Gasteiger partial charge in [-0.1, -0.05) is 12.1 Å². The number of hydrogen-bond acceptors (Lipinski definition) is 4. The predicted molar refractivity (Wildman–Crippen MR) is 68.3 cm³/mol. The molecule has 18 heavy (non-hydrogen) atoms. The SMILES string of the molecule is COC(=O)c1ccc2cc(S(=O)(=O)Cl)ccc2c1. The van der Waals surface area contributed by atoms with Gasteiger partial charge in [-0.3, -0.25) is 0 Å². The first-order valence-electron chi connectivity index (χ1n) is 4.98. The van der Waals surface area contributed by atoms with Gasteiger partial charge >= 0.3 is 5.97 Å². The van der Waals surface area contributed by atoms with Crippen LogP contribution in [0.2, 0.25) is 0 Å². The fourth-order valence-electron chi connectivity index (χ4n) is 1.62. The van der Waals surface area contributed by atoms with Crippen molar-refractivity contribution in [2.45, 2.75) is 4.90 Å². The van der Waals surface area contributed by atoms with E-state index in [-0.39, 0.29) is 4.90 Å². The molecule has 0 atom stereocenters. The molecule has 4 nitrogen and oxygen atoms in total. The second-order valence-corrected chi connectivity index (χ2v) is 6.22. The van der Waals surface area contributed by atoms with Crippen LogP contribution >= 0.6 is 10.7 Å². The molecule has 2 rings (SSSR count). The summed E-state index contributed by atoms with van der Waals surface area (Å²) in [5.41, 5.74) is 0.409. The van der Waals surface area contributed by atoms with E-state index in [1.165, 1.54) is 19.2 Å². The lowest BCUT2D eigenvalue weighted by molar-refractivity contribution is 0.0601. The van der Waals surface area contributed by atoms with Crippen molar-refractivity contribution in [2.75, 3.05) is 7.11 Å². The van der Waals surface area contributed by atoms with Crippen LogP contribution in [0.3, 0.4) is 0 Å². The number of fused-ring (bicyclic) bond motifs is 1. The van der Waals surface area contributed by atoms with Gasteiger partial charge in [0, 0.05) is 10.7 Å². The van der Waals surface area contributed by atoms with E-state index in [1.807, 2.05) is 0 Å². The fourth-order valence-corrected chi connectivity index (χ4v) is 2.41. The Morgan fingerprint density at radius 3 is 2.33 bits per heavy atom. The minimum Gasteiger partial charge on any atom is -0.465 e. The van der Waals surface area contributed by atoms with Crippen molar-refractivity contribution in [3.05, 3.63) is 42.0 Å². The molecule has 0 spiro atoms. The average Bonchev–Trinajstić information content (AvgIpc) is 2.35. The first kappa shape index (κ1) is 12.9. The lowest BCUT2D eigenvalue weighted by Gasteiger charge is -2.03. The molecule has 0 radical (unpaired) electrons. The zero-order valence-electron chi connectivity index (χ0n) is 9.38. The van der Waals surface area contributed by atoms with Crippen molar-refractivity contribution in [1.82, 2.24) is 0 Å². The van der Waals surface area contributed by atoms with Crippen LogP contribution in [0, 0.1) is 0 Å². The van der Waals surface area contributed by atoms with E-state index in [0.717, 1.165) is 5.39 Å². The van der Waals surface area contributed by atoms with E-state index >= 15 is 0 Å². The number of carbonyl (C=O) groups is 1. The van der Waals surface area contributed by atoms with Crippen molar-refractivity contribution in [3.8, 4) is 0 Å². The second-order valence-electron chi connectivity index (χ2n) is 3.65. The van der Waals surface area contributed by atoms with Crippen molar-refractivity contribution in [3.63, 3.8) is 0 Å². The third-order valence-corrected chi connectivity index (χ3v) is 3.87. The summed E-state index contributed by atoms with van der Waals surface area (Å²) in [6.45, 7) is 0. The summed E-state index contributed by atoms with van der Waals surface area (Å²) >= 11 is 0. The molecule has 0 fully saturated rings. The highest BCUT2D eigenvalue weighted by Crippen LogP contribution is 2.22. The average molecular weight is 285 g/mol. The summed E-state index contributed by atoms with van der Waals surface area (Å²) in [6.07, 6.45) is 0. The first-order valence-corrected chi connectivity index (χ1v) is 7.29. The predicted octanol–water partition coefficient (Wildman–Crippen LogP) is 2.55. The summed E-state index contributed by atoms with van der Waals surface area (Å²) in [7, 11) is 2.82. The molecule has 6 heteroatoms. The van der Waals surface area contributed by atoms with Crippen LogP contribution in [0.5, 0.6) is 0 Å². The van der Waals surface area contributed by atoms with Gasteiger partial charge in [0.25, 0.3) is 9.05 Å². The number of benzene rings is 2. The van der Waals surface area contributed by atoms with Crippen LogP contribution in [0.25, 0.3) is 10.8 Å². The van der Waals surface area contributed by atoms with E-state index in [1.54, 1.807) is 24.3 Å². The van der Waals surface area contributed by atoms with Crippen LogP contribution < -0.4 is 0 Å². The number of esters is 1. The van der Waals surface area contributed by atoms with Gasteiger partial charge in [-0.05, 0) is 35.0 Å². The van der Waals surface area contributed by atoms with E-state index < -0.39 is 15.0 Å². The Morgan fingerprint density at radius 1 is 1.11 bits per heavy atom. The van der Waals surface area contributed by atoms with E-state index in [4.69, 9.17) is 10.7 Å². The number of carbonyl (C=O) groups excluding carboxylic acids is 1. The molecule has 2 aromatic rings. The molecule has 2 aromatic carbocycles. The molecule has 0 aliphatic heterocycles. The molecule has 0 N–H and O–H groups in total. The van der Waals surface area contributed by atoms with Gasteiger partial charge in [-0.15, -0.1) is 0 Å². The van der Waals surface area contributed by atoms with Gasteiger partial charge in [-0.25, -0.2) is 13.2 Å². The number of halogens is 1. The Kier molecular flexibility index (Phi) is 3.28. The Hall–Kier alpha value is -1.59. The molecule has 0 saturated heterocycles. The highest BCUT2D eigenvalue weighted by molar-refractivity contribution is 8.13. The topological polar surface area (TPSA) is 60.4 Å². The first-order chi connectivity index (χ1) is 8.41. The van der Waals surface area contributed by atoms with Crippen LogP contribution in [-0.2, 0) is 13.8 Å². The molecule has 0 saturated carbocycles. The minimum atomic E-state index is -3.74. The van der Waals surface area contributed by atoms with Crippen LogP contribution in [0.15, 0.2) is 41.3 Å². The number of hydrogen-bond donors (Lipinski definition) is 0. The molecular formula is C12H9ClO4S. The third-order valence-electron chi connectivity index (χ3n) is 2.51. The summed E-state index contributed by atoms with van der Waals surface area (Å²) in [5, 5.41) is 1.42. The van der Waals surface area contributed by atoms with Crippen molar-refractivity contribution >= 4 is 36.5 Å². The Balaban J connectivity index is 2.59. The zero-order chi connectivity index (χ0) is 13.3. The summed E-state index contributed by atoms with van der Waals surface area (Å²) < 4.78 is 27.0. The number of rotatable bonds is 2. The maximum atomic E-state index is 11.3. The molecule has 0 aromatic heterocycles. The fraction of sp³-hybridized carbons (Fsp3) is 0.0833. The standard InChI is InChI=1S/C12H9ClO4S/c1-17-12(14)10-3-2-9-7-11(18(13,15)16)5-4-8(9)6-10/h2-7H,1H3. The maximum Gasteiger partial charge on any atom is 0.337 e. The smallest absolute Gasteiger partial charge is 0.337 e. The van der Waals surface area contributed by atoms with Crippen LogP contribution in [0.4, 0.5) is 0 Å². The second kappa shape index (κ2) is 4.59. The molecule has 94 valence electrons. The van der Waals surface area contributed by atoms with E-state index in [0.29, 0.717) is 10.9 Å². The zero-order valence-corrected chi connectivity index (χ0v) is 11.0. The van der Waals surface area contributed by atoms with Crippen LogP contribution in [0.1, 0.15) is 10.4 Å². The van der Waals surface area contributed by atoms with Gasteiger partial charge in [0.1, 0.15) is 0 Å². The van der Waals surface area contributed by atoms with Gasteiger partial charge in [0.15, 0.2) is 0 Å². The maximum absolute atomic E-state index is 11.3. The van der Waals surface area contributed by atoms with Crippen molar-refractivity contribution in [1.29, 1.82) is 0 Å². The van der Waals surface area contributed by atoms with Crippen LogP contribution in [-0.4, -0.2) is 21.5 Å². The van der Waals surface area contributed by atoms with Crippen molar-refractivity contribution in [2.24, 2.45) is 0 Å². The molecule has 0 aliphatic rings. The molecule has 0 heterocycles. The van der Waals surface area contributed by atoms with Crippen molar-refractivity contribution < 1.29 is 17.9 Å². The normalized spacial score (nSPS) is 11.4. The number of methoxy groups -OCH3 is 1. The monoisotopic (exact) mass is 284 g/mol. The summed E-state index contributed by atoms with van der Waals surface area (Å²) in [4.78, 5) is 11.4. The minimum absolute atomic E-state index is 0.0301. The molecule has 0 unspecified atom stereocenters. The number of ether oxygens (including phenoxy) is 1. The molecular weight excluding hydrogens is 276 g/mol. The Labute approximate surface area is 109 Å². The summed E-state index contributed by atoms with van der Waals surface area (Å²) in [5.74, 6) is -0.439. The van der Waals surface area contributed by atoms with E-state index in [9.17, 15) is 13.2 Å².